The molecule has 1 saturated carbocycles. The van der Waals surface area contributed by atoms with Crippen molar-refractivity contribution in [1.82, 2.24) is 9.88 Å². The van der Waals surface area contributed by atoms with E-state index in [0.717, 1.165) is 17.5 Å². The second kappa shape index (κ2) is 4.51. The van der Waals surface area contributed by atoms with E-state index in [2.05, 4.69) is 11.9 Å². The van der Waals surface area contributed by atoms with Gasteiger partial charge in [0.05, 0.1) is 0 Å². The van der Waals surface area contributed by atoms with Gasteiger partial charge in [0.15, 0.2) is 0 Å². The monoisotopic (exact) mass is 239 g/mol. The molecule has 1 aliphatic carbocycles. The first-order valence-electron chi connectivity index (χ1n) is 5.51. The molecule has 88 valence electrons. The lowest BCUT2D eigenvalue weighted by Crippen LogP contribution is -2.29. The number of amides is 1. The minimum absolute atomic E-state index is 0.00931. The van der Waals surface area contributed by atoms with Crippen molar-refractivity contribution in [1.29, 1.82) is 0 Å². The summed E-state index contributed by atoms with van der Waals surface area (Å²) in [7, 11) is 1.84. The highest BCUT2D eigenvalue weighted by Crippen LogP contribution is 2.38. The van der Waals surface area contributed by atoms with Gasteiger partial charge in [0.1, 0.15) is 10.7 Å². The SMILES string of the molecule is CC1CC1CN(C)C(=O)c1csc(CN)n1. The summed E-state index contributed by atoms with van der Waals surface area (Å²) < 4.78 is 0. The molecule has 16 heavy (non-hydrogen) atoms. The highest BCUT2D eigenvalue weighted by Gasteiger charge is 2.34. The fraction of sp³-hybridized carbons (Fsp3) is 0.636. The first-order chi connectivity index (χ1) is 7.61. The molecule has 5 heteroatoms. The Labute approximate surface area is 99.5 Å². The summed E-state index contributed by atoms with van der Waals surface area (Å²) in [6.45, 7) is 3.47. The van der Waals surface area contributed by atoms with E-state index < -0.39 is 0 Å². The lowest BCUT2D eigenvalue weighted by molar-refractivity contribution is 0.0782. The molecule has 1 aromatic rings. The number of carbonyl (C=O) groups is 1. The average molecular weight is 239 g/mol. The van der Waals surface area contributed by atoms with Gasteiger partial charge < -0.3 is 10.6 Å². The van der Waals surface area contributed by atoms with E-state index in [1.807, 2.05) is 7.05 Å². The zero-order valence-electron chi connectivity index (χ0n) is 9.64. The van der Waals surface area contributed by atoms with Gasteiger partial charge >= 0.3 is 0 Å². The van der Waals surface area contributed by atoms with Crippen molar-refractivity contribution in [2.75, 3.05) is 13.6 Å². The molecule has 0 bridgehead atoms. The van der Waals surface area contributed by atoms with E-state index in [0.29, 0.717) is 18.2 Å². The number of nitrogens with zero attached hydrogens (tertiary/aromatic N) is 2. The Bertz CT molecular complexity index is 390. The van der Waals surface area contributed by atoms with E-state index in [1.54, 1.807) is 10.3 Å². The van der Waals surface area contributed by atoms with Crippen LogP contribution in [0.2, 0.25) is 0 Å². The van der Waals surface area contributed by atoms with Gasteiger partial charge in [-0.1, -0.05) is 6.92 Å². The van der Waals surface area contributed by atoms with Crippen LogP contribution in [0.4, 0.5) is 0 Å². The van der Waals surface area contributed by atoms with Crippen LogP contribution in [0.25, 0.3) is 0 Å². The van der Waals surface area contributed by atoms with Gasteiger partial charge in [0.2, 0.25) is 0 Å². The molecule has 0 aliphatic heterocycles. The van der Waals surface area contributed by atoms with Crippen LogP contribution in [-0.2, 0) is 6.54 Å². The van der Waals surface area contributed by atoms with Gasteiger partial charge in [-0.25, -0.2) is 4.98 Å². The smallest absolute Gasteiger partial charge is 0.273 e. The fourth-order valence-corrected chi connectivity index (χ4v) is 2.44. The predicted octanol–water partition coefficient (Wildman–Crippen LogP) is 1.33. The molecule has 1 amide bonds. The van der Waals surface area contributed by atoms with Crippen molar-refractivity contribution in [3.8, 4) is 0 Å². The van der Waals surface area contributed by atoms with Crippen molar-refractivity contribution in [2.24, 2.45) is 17.6 Å². The Morgan fingerprint density at radius 3 is 2.94 bits per heavy atom. The van der Waals surface area contributed by atoms with E-state index >= 15 is 0 Å². The Hall–Kier alpha value is -0.940. The molecule has 1 heterocycles. The number of nitrogens with two attached hydrogens (primary N) is 1. The normalized spacial score (nSPS) is 23.2. The zero-order valence-corrected chi connectivity index (χ0v) is 10.5. The number of rotatable bonds is 4. The number of thiazole rings is 1. The summed E-state index contributed by atoms with van der Waals surface area (Å²) in [5.41, 5.74) is 6.00. The van der Waals surface area contributed by atoms with Crippen LogP contribution in [-0.4, -0.2) is 29.4 Å². The second-order valence-electron chi connectivity index (χ2n) is 4.49. The molecule has 2 unspecified atom stereocenters. The third-order valence-electron chi connectivity index (χ3n) is 3.08. The fourth-order valence-electron chi connectivity index (χ4n) is 1.79. The van der Waals surface area contributed by atoms with Crippen LogP contribution < -0.4 is 5.73 Å². The molecule has 0 saturated heterocycles. The second-order valence-corrected chi connectivity index (χ2v) is 5.43. The number of aromatic nitrogens is 1. The van der Waals surface area contributed by atoms with E-state index in [-0.39, 0.29) is 5.91 Å². The minimum atomic E-state index is 0.00931. The quantitative estimate of drug-likeness (QED) is 0.862. The van der Waals surface area contributed by atoms with Crippen molar-refractivity contribution in [2.45, 2.75) is 19.9 Å². The molecule has 1 aromatic heterocycles. The lowest BCUT2D eigenvalue weighted by atomic mass is 10.3. The van der Waals surface area contributed by atoms with E-state index in [1.165, 1.54) is 17.8 Å². The highest BCUT2D eigenvalue weighted by molar-refractivity contribution is 7.09. The highest BCUT2D eigenvalue weighted by atomic mass is 32.1. The average Bonchev–Trinajstić information content (AvgIpc) is 2.82. The molecule has 1 aliphatic rings. The summed E-state index contributed by atoms with van der Waals surface area (Å²) in [5, 5.41) is 2.61. The van der Waals surface area contributed by atoms with Gasteiger partial charge in [-0.2, -0.15) is 0 Å². The number of hydrogen-bond donors (Lipinski definition) is 1. The molecule has 2 rings (SSSR count). The molecule has 0 spiro atoms. The van der Waals surface area contributed by atoms with Gasteiger partial charge in [-0.3, -0.25) is 4.79 Å². The van der Waals surface area contributed by atoms with E-state index in [4.69, 9.17) is 5.73 Å². The van der Waals surface area contributed by atoms with Crippen LogP contribution >= 0.6 is 11.3 Å². The van der Waals surface area contributed by atoms with Crippen LogP contribution in [0.3, 0.4) is 0 Å². The van der Waals surface area contributed by atoms with Crippen LogP contribution in [0.1, 0.15) is 28.8 Å². The largest absolute Gasteiger partial charge is 0.340 e. The maximum atomic E-state index is 12.0. The van der Waals surface area contributed by atoms with Gasteiger partial charge in [-0.15, -0.1) is 11.3 Å². The zero-order chi connectivity index (χ0) is 11.7. The van der Waals surface area contributed by atoms with Crippen molar-refractivity contribution in [3.63, 3.8) is 0 Å². The summed E-state index contributed by atoms with van der Waals surface area (Å²) in [6.07, 6.45) is 1.24. The summed E-state index contributed by atoms with van der Waals surface area (Å²) in [6, 6.07) is 0. The maximum Gasteiger partial charge on any atom is 0.273 e. The standard InChI is InChI=1S/C11H17N3OS/c1-7-3-8(7)5-14(2)11(15)9-6-16-10(4-12)13-9/h6-8H,3-5,12H2,1-2H3. The van der Waals surface area contributed by atoms with Crippen molar-refractivity contribution in [3.05, 3.63) is 16.1 Å². The minimum Gasteiger partial charge on any atom is -0.340 e. The first-order valence-corrected chi connectivity index (χ1v) is 6.39. The van der Waals surface area contributed by atoms with Crippen LogP contribution in [0.5, 0.6) is 0 Å². The summed E-state index contributed by atoms with van der Waals surface area (Å²) >= 11 is 1.45. The van der Waals surface area contributed by atoms with Crippen LogP contribution in [0.15, 0.2) is 5.38 Å². The third-order valence-corrected chi connectivity index (χ3v) is 3.95. The first kappa shape index (κ1) is 11.5. The molecule has 2 N–H and O–H groups in total. The Morgan fingerprint density at radius 1 is 1.75 bits per heavy atom. The number of hydrogen-bond acceptors (Lipinski definition) is 4. The lowest BCUT2D eigenvalue weighted by Gasteiger charge is -2.15. The Balaban J connectivity index is 1.95. The molecule has 4 nitrogen and oxygen atoms in total. The Kier molecular flexibility index (Phi) is 3.25. The van der Waals surface area contributed by atoms with Crippen molar-refractivity contribution >= 4 is 17.2 Å². The summed E-state index contributed by atoms with van der Waals surface area (Å²) in [5.74, 6) is 1.46. The molecule has 1 fully saturated rings. The predicted molar refractivity (Wildman–Crippen MR) is 64.2 cm³/mol. The maximum absolute atomic E-state index is 12.0. The Morgan fingerprint density at radius 2 is 2.44 bits per heavy atom. The van der Waals surface area contributed by atoms with E-state index in [9.17, 15) is 4.79 Å². The van der Waals surface area contributed by atoms with Gasteiger partial charge in [0.25, 0.3) is 5.91 Å². The molecule has 2 atom stereocenters. The summed E-state index contributed by atoms with van der Waals surface area (Å²) in [4.78, 5) is 17.9. The third kappa shape index (κ3) is 2.41. The molecule has 0 radical (unpaired) electrons. The van der Waals surface area contributed by atoms with Gasteiger partial charge in [0, 0.05) is 25.5 Å². The molecular weight excluding hydrogens is 222 g/mol. The van der Waals surface area contributed by atoms with Crippen LogP contribution in [0, 0.1) is 11.8 Å². The van der Waals surface area contributed by atoms with Crippen molar-refractivity contribution < 1.29 is 4.79 Å². The molecular formula is C11H17N3OS. The number of carbonyl (C=O) groups excluding carboxylic acids is 1. The topological polar surface area (TPSA) is 59.2 Å². The molecule has 0 aromatic carbocycles. The van der Waals surface area contributed by atoms with Gasteiger partial charge in [-0.05, 0) is 18.3 Å².